The van der Waals surface area contributed by atoms with Crippen LogP contribution in [-0.4, -0.2) is 5.91 Å². The Labute approximate surface area is 138 Å². The minimum Gasteiger partial charge on any atom is -0.366 e. The van der Waals surface area contributed by atoms with Crippen LogP contribution in [0, 0.1) is 6.92 Å². The van der Waals surface area contributed by atoms with E-state index in [4.69, 9.17) is 5.73 Å². The summed E-state index contributed by atoms with van der Waals surface area (Å²) in [5, 5.41) is 0. The molecule has 0 unspecified atom stereocenters. The third kappa shape index (κ3) is 4.59. The largest absolute Gasteiger partial charge is 0.416 e. The summed E-state index contributed by atoms with van der Waals surface area (Å²) in [6, 6.07) is 12.5. The summed E-state index contributed by atoms with van der Waals surface area (Å²) in [5.41, 5.74) is 7.53. The molecule has 2 aromatic rings. The molecule has 0 aliphatic heterocycles. The van der Waals surface area contributed by atoms with Crippen molar-refractivity contribution in [3.05, 3.63) is 89.0 Å². The molecule has 0 fully saturated rings. The van der Waals surface area contributed by atoms with Crippen LogP contribution >= 0.6 is 0 Å². The third-order valence-electron chi connectivity index (χ3n) is 3.38. The molecule has 0 bridgehead atoms. The molecule has 0 heterocycles. The van der Waals surface area contributed by atoms with Crippen LogP contribution in [0.25, 0.3) is 5.57 Å². The van der Waals surface area contributed by atoms with E-state index < -0.39 is 17.6 Å². The first-order valence-corrected chi connectivity index (χ1v) is 7.20. The van der Waals surface area contributed by atoms with E-state index in [0.717, 1.165) is 23.3 Å². The lowest BCUT2D eigenvalue weighted by atomic mass is 9.95. The SMILES string of the molecule is Cc1cccc(C(=CC=CC(N)=O)c2ccc(C(F)(F)F)cc2)c1. The minimum atomic E-state index is -4.38. The Kier molecular flexibility index (Phi) is 5.24. The van der Waals surface area contributed by atoms with E-state index in [1.165, 1.54) is 24.3 Å². The van der Waals surface area contributed by atoms with Crippen LogP contribution in [0.1, 0.15) is 22.3 Å². The average Bonchev–Trinajstić information content (AvgIpc) is 2.50. The van der Waals surface area contributed by atoms with E-state index in [2.05, 4.69) is 0 Å². The summed E-state index contributed by atoms with van der Waals surface area (Å²) < 4.78 is 38.1. The molecule has 0 aliphatic rings. The zero-order valence-electron chi connectivity index (χ0n) is 13.0. The quantitative estimate of drug-likeness (QED) is 0.651. The van der Waals surface area contributed by atoms with Gasteiger partial charge in [-0.3, -0.25) is 4.79 Å². The maximum absolute atomic E-state index is 12.7. The smallest absolute Gasteiger partial charge is 0.366 e. The van der Waals surface area contributed by atoms with Crippen molar-refractivity contribution in [2.75, 3.05) is 0 Å². The summed E-state index contributed by atoms with van der Waals surface area (Å²) in [7, 11) is 0. The van der Waals surface area contributed by atoms with E-state index in [1.54, 1.807) is 6.08 Å². The van der Waals surface area contributed by atoms with E-state index in [1.807, 2.05) is 31.2 Å². The number of aryl methyl sites for hydroxylation is 1. The Morgan fingerprint density at radius 1 is 1.04 bits per heavy atom. The first-order chi connectivity index (χ1) is 11.3. The second-order valence-electron chi connectivity index (χ2n) is 5.29. The highest BCUT2D eigenvalue weighted by Crippen LogP contribution is 2.31. The first kappa shape index (κ1) is 17.5. The number of carbonyl (C=O) groups excluding carboxylic acids is 1. The van der Waals surface area contributed by atoms with Gasteiger partial charge in [0.25, 0.3) is 0 Å². The van der Waals surface area contributed by atoms with Crippen LogP contribution in [0.3, 0.4) is 0 Å². The number of halogens is 3. The predicted octanol–water partition coefficient (Wildman–Crippen LogP) is 4.49. The Morgan fingerprint density at radius 3 is 2.25 bits per heavy atom. The van der Waals surface area contributed by atoms with Gasteiger partial charge in [-0.25, -0.2) is 0 Å². The number of hydrogen-bond donors (Lipinski definition) is 1. The van der Waals surface area contributed by atoms with E-state index in [0.29, 0.717) is 11.1 Å². The molecule has 0 aliphatic carbocycles. The molecule has 0 radical (unpaired) electrons. The summed E-state index contributed by atoms with van der Waals surface area (Å²) >= 11 is 0. The van der Waals surface area contributed by atoms with Gasteiger partial charge in [-0.05, 0) is 35.8 Å². The highest BCUT2D eigenvalue weighted by atomic mass is 19.4. The topological polar surface area (TPSA) is 43.1 Å². The fourth-order valence-corrected chi connectivity index (χ4v) is 2.25. The van der Waals surface area contributed by atoms with Gasteiger partial charge in [0, 0.05) is 6.08 Å². The molecule has 0 spiro atoms. The number of hydrogen-bond acceptors (Lipinski definition) is 1. The fraction of sp³-hybridized carbons (Fsp3) is 0.105. The van der Waals surface area contributed by atoms with Gasteiger partial charge in [0.15, 0.2) is 0 Å². The molecular formula is C19H16F3NO. The van der Waals surface area contributed by atoms with Crippen LogP contribution in [0.4, 0.5) is 13.2 Å². The highest BCUT2D eigenvalue weighted by molar-refractivity contribution is 5.87. The van der Waals surface area contributed by atoms with Crippen LogP contribution in [0.15, 0.2) is 66.8 Å². The molecule has 1 amide bonds. The van der Waals surface area contributed by atoms with E-state index in [-0.39, 0.29) is 0 Å². The van der Waals surface area contributed by atoms with Crippen molar-refractivity contribution >= 4 is 11.5 Å². The van der Waals surface area contributed by atoms with Gasteiger partial charge in [0.2, 0.25) is 5.91 Å². The molecular weight excluding hydrogens is 315 g/mol. The van der Waals surface area contributed by atoms with E-state index >= 15 is 0 Å². The number of primary amides is 1. The van der Waals surface area contributed by atoms with Crippen molar-refractivity contribution in [1.82, 2.24) is 0 Å². The molecule has 0 saturated heterocycles. The van der Waals surface area contributed by atoms with Gasteiger partial charge >= 0.3 is 6.18 Å². The number of amides is 1. The maximum atomic E-state index is 12.7. The van der Waals surface area contributed by atoms with Crippen molar-refractivity contribution in [3.8, 4) is 0 Å². The second-order valence-corrected chi connectivity index (χ2v) is 5.29. The van der Waals surface area contributed by atoms with Gasteiger partial charge in [-0.1, -0.05) is 54.1 Å². The van der Waals surface area contributed by atoms with Crippen LogP contribution in [0.2, 0.25) is 0 Å². The molecule has 0 atom stereocenters. The monoisotopic (exact) mass is 331 g/mol. The van der Waals surface area contributed by atoms with Crippen molar-refractivity contribution < 1.29 is 18.0 Å². The van der Waals surface area contributed by atoms with Crippen molar-refractivity contribution in [1.29, 1.82) is 0 Å². The summed E-state index contributed by atoms with van der Waals surface area (Å²) in [4.78, 5) is 10.8. The third-order valence-corrected chi connectivity index (χ3v) is 3.38. The number of alkyl halides is 3. The summed E-state index contributed by atoms with van der Waals surface area (Å²) in [6.07, 6.45) is -0.0444. The number of rotatable bonds is 4. The Balaban J connectivity index is 2.48. The van der Waals surface area contributed by atoms with Crippen LogP contribution < -0.4 is 5.73 Å². The lowest BCUT2D eigenvalue weighted by Crippen LogP contribution is -2.05. The van der Waals surface area contributed by atoms with Crippen LogP contribution in [0.5, 0.6) is 0 Å². The van der Waals surface area contributed by atoms with Crippen molar-refractivity contribution in [2.24, 2.45) is 5.73 Å². The number of nitrogens with two attached hydrogens (primary N) is 1. The molecule has 0 aromatic heterocycles. The number of carbonyl (C=O) groups is 1. The standard InChI is InChI=1S/C19H16F3NO/c1-13-4-2-5-15(12-13)17(6-3-7-18(23)24)14-8-10-16(11-9-14)19(20,21)22/h2-12H,1H3,(H2,23,24). The molecule has 24 heavy (non-hydrogen) atoms. The molecule has 2 N–H and O–H groups in total. The molecule has 5 heteroatoms. The molecule has 2 aromatic carbocycles. The normalized spacial score (nSPS) is 12.6. The average molecular weight is 331 g/mol. The summed E-state index contributed by atoms with van der Waals surface area (Å²) in [5.74, 6) is -0.595. The highest BCUT2D eigenvalue weighted by Gasteiger charge is 2.30. The molecule has 0 saturated carbocycles. The van der Waals surface area contributed by atoms with Gasteiger partial charge < -0.3 is 5.73 Å². The lowest BCUT2D eigenvalue weighted by molar-refractivity contribution is -0.137. The van der Waals surface area contributed by atoms with Gasteiger partial charge in [-0.2, -0.15) is 13.2 Å². The Morgan fingerprint density at radius 2 is 1.71 bits per heavy atom. The second kappa shape index (κ2) is 7.17. The lowest BCUT2D eigenvalue weighted by Gasteiger charge is -2.11. The fourth-order valence-electron chi connectivity index (χ4n) is 2.25. The van der Waals surface area contributed by atoms with Gasteiger partial charge in [0.1, 0.15) is 0 Å². The van der Waals surface area contributed by atoms with Gasteiger partial charge in [0.05, 0.1) is 5.56 Å². The first-order valence-electron chi connectivity index (χ1n) is 7.20. The molecule has 2 rings (SSSR count). The maximum Gasteiger partial charge on any atom is 0.416 e. The zero-order valence-corrected chi connectivity index (χ0v) is 13.0. The number of benzene rings is 2. The summed E-state index contributed by atoms with van der Waals surface area (Å²) in [6.45, 7) is 1.92. The molecule has 2 nitrogen and oxygen atoms in total. The number of allylic oxidation sites excluding steroid dienone is 2. The van der Waals surface area contributed by atoms with Gasteiger partial charge in [-0.15, -0.1) is 0 Å². The Hall–Kier alpha value is -2.82. The minimum absolute atomic E-state index is 0.595. The van der Waals surface area contributed by atoms with Crippen molar-refractivity contribution in [3.63, 3.8) is 0 Å². The van der Waals surface area contributed by atoms with E-state index in [9.17, 15) is 18.0 Å². The molecule has 124 valence electrons. The predicted molar refractivity (Wildman–Crippen MR) is 88.0 cm³/mol. The van der Waals surface area contributed by atoms with Crippen molar-refractivity contribution in [2.45, 2.75) is 13.1 Å². The van der Waals surface area contributed by atoms with Crippen LogP contribution in [-0.2, 0) is 11.0 Å². The zero-order chi connectivity index (χ0) is 17.7. The Bertz CT molecular complexity index is 787.